The molecule has 5 nitrogen and oxygen atoms in total. The Morgan fingerprint density at radius 3 is 2.76 bits per heavy atom. The molecule has 126 valence electrons. The third kappa shape index (κ3) is 3.28. The Bertz CT molecular complexity index is 1050. The van der Waals surface area contributed by atoms with E-state index in [1.54, 1.807) is 12.1 Å². The molecule has 2 N–H and O–H groups in total. The van der Waals surface area contributed by atoms with E-state index < -0.39 is 0 Å². The SMILES string of the molecule is COc1cc(/C=C(\C#N)c2nc3ccc(C)cc3[nH]2)c(Br)c(Br)c1O. The number of ether oxygens (including phenoxy) is 1. The van der Waals surface area contributed by atoms with Crippen molar-refractivity contribution in [2.45, 2.75) is 6.92 Å². The van der Waals surface area contributed by atoms with Crippen molar-refractivity contribution in [1.29, 1.82) is 5.26 Å². The summed E-state index contributed by atoms with van der Waals surface area (Å²) in [7, 11) is 1.47. The van der Waals surface area contributed by atoms with Gasteiger partial charge in [-0.2, -0.15) is 5.26 Å². The molecule has 0 spiro atoms. The topological polar surface area (TPSA) is 81.9 Å². The number of hydrogen-bond acceptors (Lipinski definition) is 4. The average Bonchev–Trinajstić information content (AvgIpc) is 3.02. The van der Waals surface area contributed by atoms with Gasteiger partial charge in [-0.1, -0.05) is 6.07 Å². The molecule has 0 atom stereocenters. The maximum Gasteiger partial charge on any atom is 0.173 e. The quantitative estimate of drug-likeness (QED) is 0.525. The predicted molar refractivity (Wildman–Crippen MR) is 104 cm³/mol. The maximum atomic E-state index is 10.0. The van der Waals surface area contributed by atoms with Crippen LogP contribution in [0, 0.1) is 18.3 Å². The van der Waals surface area contributed by atoms with Crippen LogP contribution in [0.3, 0.4) is 0 Å². The van der Waals surface area contributed by atoms with Gasteiger partial charge in [0, 0.05) is 4.47 Å². The van der Waals surface area contributed by atoms with Crippen LogP contribution in [-0.4, -0.2) is 22.2 Å². The van der Waals surface area contributed by atoms with E-state index in [0.29, 0.717) is 31.7 Å². The van der Waals surface area contributed by atoms with Crippen LogP contribution < -0.4 is 4.74 Å². The molecular weight excluding hydrogens is 450 g/mol. The van der Waals surface area contributed by atoms with Gasteiger partial charge in [0.25, 0.3) is 0 Å². The van der Waals surface area contributed by atoms with Gasteiger partial charge in [0.05, 0.1) is 28.2 Å². The summed E-state index contributed by atoms with van der Waals surface area (Å²) in [6.45, 7) is 2.00. The predicted octanol–water partition coefficient (Wildman–Crippen LogP) is 5.17. The zero-order valence-corrected chi connectivity index (χ0v) is 16.6. The van der Waals surface area contributed by atoms with Crippen molar-refractivity contribution in [3.8, 4) is 17.6 Å². The van der Waals surface area contributed by atoms with E-state index in [4.69, 9.17) is 4.74 Å². The summed E-state index contributed by atoms with van der Waals surface area (Å²) in [4.78, 5) is 7.65. The highest BCUT2D eigenvalue weighted by molar-refractivity contribution is 9.13. The van der Waals surface area contributed by atoms with Gasteiger partial charge in [-0.25, -0.2) is 4.98 Å². The summed E-state index contributed by atoms with van der Waals surface area (Å²) in [6.07, 6.45) is 1.68. The lowest BCUT2D eigenvalue weighted by Gasteiger charge is -2.10. The zero-order chi connectivity index (χ0) is 18.1. The lowest BCUT2D eigenvalue weighted by atomic mass is 10.1. The van der Waals surface area contributed by atoms with Gasteiger partial charge in [-0.05, 0) is 74.2 Å². The van der Waals surface area contributed by atoms with E-state index in [9.17, 15) is 10.4 Å². The summed E-state index contributed by atoms with van der Waals surface area (Å²) in [5, 5.41) is 19.6. The van der Waals surface area contributed by atoms with Crippen molar-refractivity contribution >= 4 is 54.5 Å². The summed E-state index contributed by atoms with van der Waals surface area (Å²) < 4.78 is 6.24. The maximum absolute atomic E-state index is 10.0. The number of nitriles is 1. The first-order valence-corrected chi connectivity index (χ1v) is 8.86. The van der Waals surface area contributed by atoms with E-state index in [-0.39, 0.29) is 5.75 Å². The molecule has 1 aromatic heterocycles. The van der Waals surface area contributed by atoms with E-state index in [1.165, 1.54) is 7.11 Å². The number of H-pyrrole nitrogens is 1. The Hall–Kier alpha value is -2.30. The highest BCUT2D eigenvalue weighted by Gasteiger charge is 2.15. The number of halogens is 2. The minimum absolute atomic E-state index is 0.00996. The van der Waals surface area contributed by atoms with Crippen molar-refractivity contribution in [2.75, 3.05) is 7.11 Å². The highest BCUT2D eigenvalue weighted by atomic mass is 79.9. The molecule has 0 saturated carbocycles. The molecule has 0 aliphatic carbocycles. The van der Waals surface area contributed by atoms with Crippen LogP contribution in [0.25, 0.3) is 22.7 Å². The van der Waals surface area contributed by atoms with Gasteiger partial charge in [-0.15, -0.1) is 0 Å². The molecule has 7 heteroatoms. The van der Waals surface area contributed by atoms with E-state index in [1.807, 2.05) is 25.1 Å². The van der Waals surface area contributed by atoms with Crippen LogP contribution in [0.1, 0.15) is 17.0 Å². The highest BCUT2D eigenvalue weighted by Crippen LogP contribution is 2.42. The average molecular weight is 463 g/mol. The molecule has 3 aromatic rings. The Labute approximate surface area is 161 Å². The molecule has 2 aromatic carbocycles. The van der Waals surface area contributed by atoms with Gasteiger partial charge >= 0.3 is 0 Å². The van der Waals surface area contributed by atoms with E-state index >= 15 is 0 Å². The number of phenols is 1. The van der Waals surface area contributed by atoms with Gasteiger partial charge in [0.15, 0.2) is 11.5 Å². The molecule has 0 saturated heterocycles. The minimum Gasteiger partial charge on any atom is -0.503 e. The number of aromatic amines is 1. The second kappa shape index (κ2) is 6.90. The van der Waals surface area contributed by atoms with Crippen LogP contribution in [0.5, 0.6) is 11.5 Å². The number of fused-ring (bicyclic) bond motifs is 1. The fraction of sp³-hybridized carbons (Fsp3) is 0.111. The molecule has 25 heavy (non-hydrogen) atoms. The van der Waals surface area contributed by atoms with Gasteiger partial charge in [-0.3, -0.25) is 0 Å². The Balaban J connectivity index is 2.15. The Morgan fingerprint density at radius 2 is 2.08 bits per heavy atom. The molecule has 3 rings (SSSR count). The number of nitrogens with zero attached hydrogens (tertiary/aromatic N) is 2. The Morgan fingerprint density at radius 1 is 1.32 bits per heavy atom. The number of benzene rings is 2. The number of phenolic OH excluding ortho intramolecular Hbond substituents is 1. The molecule has 0 fully saturated rings. The van der Waals surface area contributed by atoms with Crippen LogP contribution >= 0.6 is 31.9 Å². The molecule has 1 heterocycles. The first-order valence-electron chi connectivity index (χ1n) is 7.28. The minimum atomic E-state index is -0.00996. The zero-order valence-electron chi connectivity index (χ0n) is 13.4. The summed E-state index contributed by atoms with van der Waals surface area (Å²) in [5.74, 6) is 0.779. The largest absolute Gasteiger partial charge is 0.503 e. The summed E-state index contributed by atoms with van der Waals surface area (Å²) >= 11 is 6.74. The number of imidazole rings is 1. The standard InChI is InChI=1S/C18H13Br2N3O2/c1-9-3-4-12-13(5-9)23-18(22-12)11(8-21)6-10-7-14(25-2)17(24)16(20)15(10)19/h3-7,24H,1-2H3,(H,22,23)/b11-6+. The number of methoxy groups -OCH3 is 1. The lowest BCUT2D eigenvalue weighted by Crippen LogP contribution is -1.90. The first-order chi connectivity index (χ1) is 11.9. The second-order valence-electron chi connectivity index (χ2n) is 5.42. The fourth-order valence-corrected chi connectivity index (χ4v) is 3.27. The third-order valence-corrected chi connectivity index (χ3v) is 5.87. The van der Waals surface area contributed by atoms with Gasteiger partial charge in [0.2, 0.25) is 0 Å². The molecule has 0 radical (unpaired) electrons. The van der Waals surface area contributed by atoms with Crippen LogP contribution in [-0.2, 0) is 0 Å². The number of aromatic nitrogens is 2. The number of nitrogens with one attached hydrogen (secondary N) is 1. The smallest absolute Gasteiger partial charge is 0.173 e. The monoisotopic (exact) mass is 461 g/mol. The third-order valence-electron chi connectivity index (χ3n) is 3.71. The van der Waals surface area contributed by atoms with Crippen LogP contribution in [0.2, 0.25) is 0 Å². The van der Waals surface area contributed by atoms with Crippen LogP contribution in [0.4, 0.5) is 0 Å². The van der Waals surface area contributed by atoms with Crippen molar-refractivity contribution in [2.24, 2.45) is 0 Å². The van der Waals surface area contributed by atoms with Crippen LogP contribution in [0.15, 0.2) is 33.2 Å². The molecule has 0 aliphatic heterocycles. The number of aromatic hydroxyl groups is 1. The fourth-order valence-electron chi connectivity index (χ4n) is 2.43. The van der Waals surface area contributed by atoms with Crippen molar-refractivity contribution in [3.63, 3.8) is 0 Å². The van der Waals surface area contributed by atoms with E-state index in [0.717, 1.165) is 16.6 Å². The first kappa shape index (κ1) is 17.5. The molecule has 0 bridgehead atoms. The van der Waals surface area contributed by atoms with Crippen molar-refractivity contribution in [1.82, 2.24) is 9.97 Å². The summed E-state index contributed by atoms with van der Waals surface area (Å²) in [6, 6.07) is 9.69. The molecule has 0 amide bonds. The Kier molecular flexibility index (Phi) is 4.84. The number of rotatable bonds is 3. The van der Waals surface area contributed by atoms with Gasteiger partial charge < -0.3 is 14.8 Å². The van der Waals surface area contributed by atoms with Crippen molar-refractivity contribution < 1.29 is 9.84 Å². The number of allylic oxidation sites excluding steroid dienone is 1. The lowest BCUT2D eigenvalue weighted by molar-refractivity contribution is 0.371. The normalized spacial score (nSPS) is 11.6. The molecule has 0 aliphatic rings. The van der Waals surface area contributed by atoms with Gasteiger partial charge in [0.1, 0.15) is 11.9 Å². The van der Waals surface area contributed by atoms with E-state index in [2.05, 4.69) is 47.9 Å². The summed E-state index contributed by atoms with van der Waals surface area (Å²) in [5.41, 5.74) is 3.83. The number of hydrogen-bond donors (Lipinski definition) is 2. The van der Waals surface area contributed by atoms with Crippen molar-refractivity contribution in [3.05, 3.63) is 50.2 Å². The molecular formula is C18H13Br2N3O2. The molecule has 0 unspecified atom stereocenters. The number of aryl methyl sites for hydroxylation is 1. The second-order valence-corrected chi connectivity index (χ2v) is 7.01.